The first-order valence-corrected chi connectivity index (χ1v) is 6.22. The van der Waals surface area contributed by atoms with Crippen LogP contribution in [-0.4, -0.2) is 12.0 Å². The van der Waals surface area contributed by atoms with Gasteiger partial charge in [0.05, 0.1) is 10.6 Å². The van der Waals surface area contributed by atoms with Crippen LogP contribution in [0.2, 0.25) is 0 Å². The third-order valence-electron chi connectivity index (χ3n) is 1.64. The third kappa shape index (κ3) is 6.42. The summed E-state index contributed by atoms with van der Waals surface area (Å²) in [4.78, 5) is 6.07. The zero-order chi connectivity index (χ0) is 11.7. The second-order valence-corrected chi connectivity index (χ2v) is 3.85. The van der Waals surface area contributed by atoms with Crippen LogP contribution >= 0.6 is 23.4 Å². The van der Waals surface area contributed by atoms with Crippen LogP contribution < -0.4 is 0 Å². The van der Waals surface area contributed by atoms with Gasteiger partial charge in [0.25, 0.3) is 0 Å². The SMILES string of the molecule is C=C(O/N=C(/C)CC)/C(=C/C=C/Cl)SC. The van der Waals surface area contributed by atoms with Crippen molar-refractivity contribution in [3.05, 3.63) is 34.9 Å². The summed E-state index contributed by atoms with van der Waals surface area (Å²) in [6.07, 6.45) is 6.36. The predicted octanol–water partition coefficient (Wildman–Crippen LogP) is 4.30. The molecule has 0 aliphatic heterocycles. The number of hydrogen-bond donors (Lipinski definition) is 0. The lowest BCUT2D eigenvalue weighted by molar-refractivity contribution is 0.240. The number of oxime groups is 1. The zero-order valence-corrected chi connectivity index (χ0v) is 10.9. The largest absolute Gasteiger partial charge is 0.357 e. The van der Waals surface area contributed by atoms with Crippen LogP contribution in [-0.2, 0) is 4.84 Å². The molecule has 2 nitrogen and oxygen atoms in total. The molecule has 0 saturated heterocycles. The first kappa shape index (κ1) is 14.3. The Balaban J connectivity index is 4.41. The van der Waals surface area contributed by atoms with Gasteiger partial charge in [0.15, 0.2) is 5.76 Å². The van der Waals surface area contributed by atoms with Crippen molar-refractivity contribution in [2.75, 3.05) is 6.26 Å². The van der Waals surface area contributed by atoms with Crippen LogP contribution in [0.15, 0.2) is 40.1 Å². The molecular weight excluding hydrogens is 230 g/mol. The van der Waals surface area contributed by atoms with E-state index in [9.17, 15) is 0 Å². The lowest BCUT2D eigenvalue weighted by Crippen LogP contribution is -1.92. The smallest absolute Gasteiger partial charge is 0.164 e. The standard InChI is InChI=1S/C11H16ClNOS/c1-5-9(2)13-14-10(3)11(15-4)7-6-8-12/h6-8H,3,5H2,1-2,4H3/b8-6+,11-7-,13-9-. The zero-order valence-electron chi connectivity index (χ0n) is 9.29. The highest BCUT2D eigenvalue weighted by atomic mass is 35.5. The minimum Gasteiger partial charge on any atom is -0.357 e. The van der Waals surface area contributed by atoms with E-state index in [0.717, 1.165) is 17.0 Å². The summed E-state index contributed by atoms with van der Waals surface area (Å²) in [5.41, 5.74) is 2.37. The number of hydrogen-bond acceptors (Lipinski definition) is 3. The molecule has 0 radical (unpaired) electrons. The number of rotatable bonds is 6. The fourth-order valence-corrected chi connectivity index (χ4v) is 1.19. The molecule has 0 saturated carbocycles. The first-order valence-electron chi connectivity index (χ1n) is 4.56. The molecule has 0 bridgehead atoms. The van der Waals surface area contributed by atoms with Gasteiger partial charge < -0.3 is 4.84 Å². The monoisotopic (exact) mass is 245 g/mol. The summed E-state index contributed by atoms with van der Waals surface area (Å²) >= 11 is 6.96. The van der Waals surface area contributed by atoms with Crippen LogP contribution in [0.1, 0.15) is 20.3 Å². The molecule has 0 aliphatic rings. The minimum atomic E-state index is 0.532. The van der Waals surface area contributed by atoms with Crippen molar-refractivity contribution in [1.29, 1.82) is 0 Å². The van der Waals surface area contributed by atoms with E-state index in [1.165, 1.54) is 17.3 Å². The second kappa shape index (κ2) is 8.62. The number of halogens is 1. The van der Waals surface area contributed by atoms with E-state index in [2.05, 4.69) is 11.7 Å². The van der Waals surface area contributed by atoms with Crippen molar-refractivity contribution in [2.24, 2.45) is 5.16 Å². The Bertz CT molecular complexity index is 295. The summed E-state index contributed by atoms with van der Waals surface area (Å²) in [6, 6.07) is 0. The van der Waals surface area contributed by atoms with Gasteiger partial charge in [0.2, 0.25) is 0 Å². The van der Waals surface area contributed by atoms with E-state index in [4.69, 9.17) is 16.4 Å². The Morgan fingerprint density at radius 2 is 2.27 bits per heavy atom. The van der Waals surface area contributed by atoms with Gasteiger partial charge >= 0.3 is 0 Å². The van der Waals surface area contributed by atoms with E-state index in [1.807, 2.05) is 26.2 Å². The van der Waals surface area contributed by atoms with Crippen LogP contribution in [0.25, 0.3) is 0 Å². The molecule has 4 heteroatoms. The Labute approximate surface area is 101 Å². The fraction of sp³-hybridized carbons (Fsp3) is 0.364. The maximum atomic E-state index is 5.42. The quantitative estimate of drug-likeness (QED) is 0.301. The van der Waals surface area contributed by atoms with Crippen molar-refractivity contribution in [3.8, 4) is 0 Å². The summed E-state index contributed by atoms with van der Waals surface area (Å²) < 4.78 is 0. The van der Waals surface area contributed by atoms with Gasteiger partial charge in [-0.1, -0.05) is 30.3 Å². The van der Waals surface area contributed by atoms with E-state index in [1.54, 1.807) is 6.08 Å². The molecule has 0 heterocycles. The average molecular weight is 246 g/mol. The lowest BCUT2D eigenvalue weighted by Gasteiger charge is -2.05. The molecular formula is C11H16ClNOS. The Hall–Kier alpha value is -0.670. The van der Waals surface area contributed by atoms with Gasteiger partial charge in [0.1, 0.15) is 0 Å². The van der Waals surface area contributed by atoms with Gasteiger partial charge in [-0.3, -0.25) is 0 Å². The first-order chi connectivity index (χ1) is 7.15. The van der Waals surface area contributed by atoms with Crippen molar-refractivity contribution >= 4 is 29.1 Å². The highest BCUT2D eigenvalue weighted by Gasteiger charge is 2.01. The molecule has 0 rings (SSSR count). The molecule has 0 aromatic heterocycles. The molecule has 0 aliphatic carbocycles. The molecule has 0 unspecified atom stereocenters. The molecule has 0 spiro atoms. The molecule has 0 aromatic carbocycles. The number of thioether (sulfide) groups is 1. The molecule has 0 atom stereocenters. The van der Waals surface area contributed by atoms with Crippen LogP contribution in [0.5, 0.6) is 0 Å². The van der Waals surface area contributed by atoms with Gasteiger partial charge in [-0.15, -0.1) is 11.8 Å². The molecule has 0 fully saturated rings. The molecule has 15 heavy (non-hydrogen) atoms. The minimum absolute atomic E-state index is 0.532. The van der Waals surface area contributed by atoms with Crippen molar-refractivity contribution in [1.82, 2.24) is 0 Å². The normalized spacial score (nSPS) is 13.3. The van der Waals surface area contributed by atoms with Gasteiger partial charge in [-0.2, -0.15) is 0 Å². The highest BCUT2D eigenvalue weighted by Crippen LogP contribution is 2.21. The van der Waals surface area contributed by atoms with Crippen molar-refractivity contribution < 1.29 is 4.84 Å². The molecule has 0 aromatic rings. The Kier molecular flexibility index (Phi) is 8.24. The predicted molar refractivity (Wildman–Crippen MR) is 70.2 cm³/mol. The van der Waals surface area contributed by atoms with Crippen molar-refractivity contribution in [3.63, 3.8) is 0 Å². The maximum Gasteiger partial charge on any atom is 0.164 e. The van der Waals surface area contributed by atoms with Gasteiger partial charge in [-0.25, -0.2) is 0 Å². The molecule has 0 N–H and O–H groups in total. The maximum absolute atomic E-state index is 5.42. The van der Waals surface area contributed by atoms with E-state index < -0.39 is 0 Å². The lowest BCUT2D eigenvalue weighted by atomic mass is 10.3. The number of allylic oxidation sites excluding steroid dienone is 2. The Morgan fingerprint density at radius 1 is 1.60 bits per heavy atom. The summed E-state index contributed by atoms with van der Waals surface area (Å²) in [5, 5.41) is 3.93. The topological polar surface area (TPSA) is 21.6 Å². The number of nitrogens with zero attached hydrogens (tertiary/aromatic N) is 1. The third-order valence-corrected chi connectivity index (χ3v) is 2.59. The van der Waals surface area contributed by atoms with Crippen LogP contribution in [0, 0.1) is 0 Å². The van der Waals surface area contributed by atoms with Crippen LogP contribution in [0.4, 0.5) is 0 Å². The van der Waals surface area contributed by atoms with E-state index in [-0.39, 0.29) is 0 Å². The second-order valence-electron chi connectivity index (χ2n) is 2.75. The van der Waals surface area contributed by atoms with Gasteiger partial charge in [0, 0.05) is 5.54 Å². The molecule has 0 amide bonds. The average Bonchev–Trinajstić information content (AvgIpc) is 2.26. The summed E-state index contributed by atoms with van der Waals surface area (Å²) in [7, 11) is 0. The summed E-state index contributed by atoms with van der Waals surface area (Å²) in [6.45, 7) is 7.72. The summed E-state index contributed by atoms with van der Waals surface area (Å²) in [5.74, 6) is 0.532. The van der Waals surface area contributed by atoms with Crippen molar-refractivity contribution in [2.45, 2.75) is 20.3 Å². The fourth-order valence-electron chi connectivity index (χ4n) is 0.641. The van der Waals surface area contributed by atoms with E-state index in [0.29, 0.717) is 5.76 Å². The molecule has 84 valence electrons. The van der Waals surface area contributed by atoms with Gasteiger partial charge in [-0.05, 0) is 31.8 Å². The van der Waals surface area contributed by atoms with E-state index >= 15 is 0 Å². The van der Waals surface area contributed by atoms with Crippen LogP contribution in [0.3, 0.4) is 0 Å². The highest BCUT2D eigenvalue weighted by molar-refractivity contribution is 8.02. The Morgan fingerprint density at radius 3 is 2.73 bits per heavy atom.